The third-order valence-corrected chi connectivity index (χ3v) is 4.97. The van der Waals surface area contributed by atoms with Crippen LogP contribution in [0.3, 0.4) is 0 Å². The summed E-state index contributed by atoms with van der Waals surface area (Å²) in [6.07, 6.45) is -3.16. The van der Waals surface area contributed by atoms with Gasteiger partial charge in [-0.25, -0.2) is 0 Å². The van der Waals surface area contributed by atoms with Crippen LogP contribution in [0.15, 0.2) is 0 Å². The second-order valence-electron chi connectivity index (χ2n) is 6.90. The number of halogens is 3. The summed E-state index contributed by atoms with van der Waals surface area (Å²) >= 11 is 0. The molecule has 2 fully saturated rings. The van der Waals surface area contributed by atoms with Crippen molar-refractivity contribution in [2.24, 2.45) is 11.8 Å². The number of carbonyl (C=O) groups excluding carboxylic acids is 3. The second-order valence-corrected chi connectivity index (χ2v) is 6.90. The number of hydrogen-bond acceptors (Lipinski definition) is 3. The molecule has 0 atom stereocenters. The van der Waals surface area contributed by atoms with Crippen molar-refractivity contribution >= 4 is 17.7 Å². The molecule has 0 saturated carbocycles. The van der Waals surface area contributed by atoms with Gasteiger partial charge in [0.25, 0.3) is 0 Å². The highest BCUT2D eigenvalue weighted by Gasteiger charge is 2.44. The third kappa shape index (κ3) is 4.64. The molecule has 2 saturated heterocycles. The molecule has 0 spiro atoms. The lowest BCUT2D eigenvalue weighted by molar-refractivity contribution is -0.187. The highest BCUT2D eigenvalue weighted by Crippen LogP contribution is 2.27. The summed E-state index contributed by atoms with van der Waals surface area (Å²) < 4.78 is 37.3. The Morgan fingerprint density at radius 1 is 0.840 bits per heavy atom. The lowest BCUT2D eigenvalue weighted by Gasteiger charge is -2.37. The summed E-state index contributed by atoms with van der Waals surface area (Å²) in [6, 6.07) is 0. The van der Waals surface area contributed by atoms with Crippen LogP contribution in [0.1, 0.15) is 25.7 Å². The van der Waals surface area contributed by atoms with Crippen LogP contribution in [-0.2, 0) is 14.4 Å². The number of hydrogen-bond donors (Lipinski definition) is 0. The normalized spacial score (nSPS) is 20.5. The molecule has 25 heavy (non-hydrogen) atoms. The van der Waals surface area contributed by atoms with E-state index in [0.29, 0.717) is 25.9 Å². The van der Waals surface area contributed by atoms with E-state index in [4.69, 9.17) is 0 Å². The number of carbonyl (C=O) groups is 3. The summed E-state index contributed by atoms with van der Waals surface area (Å²) in [4.78, 5) is 39.7. The van der Waals surface area contributed by atoms with Gasteiger partial charge in [0.05, 0.1) is 0 Å². The molecule has 0 aromatic carbocycles. The number of amides is 3. The zero-order chi connectivity index (χ0) is 18.8. The average Bonchev–Trinajstić information content (AvgIpc) is 2.59. The van der Waals surface area contributed by atoms with E-state index >= 15 is 0 Å². The van der Waals surface area contributed by atoms with Crippen LogP contribution >= 0.6 is 0 Å². The molecule has 0 aromatic rings. The molecule has 0 unspecified atom stereocenters. The van der Waals surface area contributed by atoms with E-state index in [1.165, 1.54) is 0 Å². The van der Waals surface area contributed by atoms with Crippen LogP contribution < -0.4 is 0 Å². The maximum atomic E-state index is 12.5. The summed E-state index contributed by atoms with van der Waals surface area (Å²) in [6.45, 7) is 0.879. The third-order valence-electron chi connectivity index (χ3n) is 4.97. The molecule has 0 aromatic heterocycles. The molecule has 2 rings (SSSR count). The number of rotatable bonds is 2. The van der Waals surface area contributed by atoms with Gasteiger partial charge < -0.3 is 14.7 Å². The van der Waals surface area contributed by atoms with Crippen molar-refractivity contribution in [3.05, 3.63) is 0 Å². The molecule has 9 heteroatoms. The maximum Gasteiger partial charge on any atom is 0.471 e. The first-order valence-corrected chi connectivity index (χ1v) is 8.47. The number of likely N-dealkylation sites (tertiary alicyclic amines) is 2. The SMILES string of the molecule is CN(C)C(=O)C1CCN(C(=O)C2CCN(C(=O)C(F)(F)F)CC2)CC1. The standard InChI is InChI=1S/C16H24F3N3O3/c1-20(2)13(23)11-3-7-21(8-4-11)14(24)12-5-9-22(10-6-12)15(25)16(17,18)19/h11-12H,3-10H2,1-2H3. The molecular formula is C16H24F3N3O3. The molecule has 6 nitrogen and oxygen atoms in total. The zero-order valence-corrected chi connectivity index (χ0v) is 14.5. The summed E-state index contributed by atoms with van der Waals surface area (Å²) in [5, 5.41) is 0. The van der Waals surface area contributed by atoms with Crippen LogP contribution in [0, 0.1) is 11.8 Å². The Morgan fingerprint density at radius 2 is 1.28 bits per heavy atom. The van der Waals surface area contributed by atoms with Gasteiger partial charge in [0.15, 0.2) is 0 Å². The summed E-state index contributed by atoms with van der Waals surface area (Å²) in [5.74, 6) is -2.27. The van der Waals surface area contributed by atoms with Crippen LogP contribution in [-0.4, -0.2) is 78.9 Å². The van der Waals surface area contributed by atoms with E-state index in [-0.39, 0.29) is 49.6 Å². The van der Waals surface area contributed by atoms with Gasteiger partial charge in [-0.05, 0) is 25.7 Å². The van der Waals surface area contributed by atoms with Gasteiger partial charge in [-0.3, -0.25) is 14.4 Å². The van der Waals surface area contributed by atoms with Gasteiger partial charge in [0, 0.05) is 52.1 Å². The fourth-order valence-electron chi connectivity index (χ4n) is 3.48. The van der Waals surface area contributed by atoms with E-state index in [1.54, 1.807) is 23.9 Å². The van der Waals surface area contributed by atoms with Crippen molar-refractivity contribution in [3.63, 3.8) is 0 Å². The first-order chi connectivity index (χ1) is 11.6. The Labute approximate surface area is 144 Å². The number of piperidine rings is 2. The van der Waals surface area contributed by atoms with Crippen molar-refractivity contribution in [3.8, 4) is 0 Å². The molecule has 142 valence electrons. The van der Waals surface area contributed by atoms with Gasteiger partial charge in [0.2, 0.25) is 11.8 Å². The molecule has 2 aliphatic heterocycles. The number of nitrogens with zero attached hydrogens (tertiary/aromatic N) is 3. The first kappa shape index (κ1) is 19.5. The van der Waals surface area contributed by atoms with Crippen LogP contribution in [0.5, 0.6) is 0 Å². The minimum absolute atomic E-state index is 0.0513. The molecule has 0 aliphatic carbocycles. The Hall–Kier alpha value is -1.80. The maximum absolute atomic E-state index is 12.5. The topological polar surface area (TPSA) is 60.9 Å². The van der Waals surface area contributed by atoms with Crippen LogP contribution in [0.25, 0.3) is 0 Å². The van der Waals surface area contributed by atoms with E-state index in [2.05, 4.69) is 0 Å². The Morgan fingerprint density at radius 3 is 1.72 bits per heavy atom. The minimum atomic E-state index is -4.86. The van der Waals surface area contributed by atoms with Crippen LogP contribution in [0.4, 0.5) is 13.2 Å². The molecule has 0 bridgehead atoms. The summed E-state index contributed by atoms with van der Waals surface area (Å²) in [7, 11) is 3.41. The van der Waals surface area contributed by atoms with Gasteiger partial charge in [-0.1, -0.05) is 0 Å². The largest absolute Gasteiger partial charge is 0.471 e. The number of alkyl halides is 3. The predicted octanol–water partition coefficient (Wildman–Crippen LogP) is 1.11. The smallest absolute Gasteiger partial charge is 0.349 e. The minimum Gasteiger partial charge on any atom is -0.349 e. The molecule has 2 heterocycles. The predicted molar refractivity (Wildman–Crippen MR) is 83.4 cm³/mol. The van der Waals surface area contributed by atoms with E-state index in [1.807, 2.05) is 0 Å². The quantitative estimate of drug-likeness (QED) is 0.739. The Bertz CT molecular complexity index is 520. The first-order valence-electron chi connectivity index (χ1n) is 8.47. The van der Waals surface area contributed by atoms with Crippen molar-refractivity contribution in [2.75, 3.05) is 40.3 Å². The van der Waals surface area contributed by atoms with Crippen molar-refractivity contribution in [1.82, 2.24) is 14.7 Å². The van der Waals surface area contributed by atoms with E-state index < -0.39 is 12.1 Å². The Kier molecular flexibility index (Phi) is 5.95. The van der Waals surface area contributed by atoms with Gasteiger partial charge in [0.1, 0.15) is 0 Å². The average molecular weight is 363 g/mol. The fraction of sp³-hybridized carbons (Fsp3) is 0.812. The van der Waals surface area contributed by atoms with Gasteiger partial charge in [-0.15, -0.1) is 0 Å². The van der Waals surface area contributed by atoms with E-state index in [9.17, 15) is 27.6 Å². The van der Waals surface area contributed by atoms with Gasteiger partial charge >= 0.3 is 12.1 Å². The molecular weight excluding hydrogens is 339 g/mol. The highest BCUT2D eigenvalue weighted by molar-refractivity contribution is 5.83. The van der Waals surface area contributed by atoms with Crippen molar-refractivity contribution in [2.45, 2.75) is 31.9 Å². The van der Waals surface area contributed by atoms with Gasteiger partial charge in [-0.2, -0.15) is 13.2 Å². The monoisotopic (exact) mass is 363 g/mol. The lowest BCUT2D eigenvalue weighted by Crippen LogP contribution is -2.49. The van der Waals surface area contributed by atoms with Crippen molar-refractivity contribution in [1.29, 1.82) is 0 Å². The summed E-state index contributed by atoms with van der Waals surface area (Å²) in [5.41, 5.74) is 0. The molecule has 0 N–H and O–H groups in total. The lowest BCUT2D eigenvalue weighted by atomic mass is 9.91. The molecule has 2 aliphatic rings. The zero-order valence-electron chi connectivity index (χ0n) is 14.5. The molecule has 0 radical (unpaired) electrons. The highest BCUT2D eigenvalue weighted by atomic mass is 19.4. The van der Waals surface area contributed by atoms with E-state index in [0.717, 1.165) is 4.90 Å². The second kappa shape index (κ2) is 7.61. The van der Waals surface area contributed by atoms with Crippen molar-refractivity contribution < 1.29 is 27.6 Å². The fourth-order valence-corrected chi connectivity index (χ4v) is 3.48. The Balaban J connectivity index is 1.82. The van der Waals surface area contributed by atoms with Crippen LogP contribution in [0.2, 0.25) is 0 Å². The molecule has 3 amide bonds.